The molecular weight excluding hydrogens is 266 g/mol. The summed E-state index contributed by atoms with van der Waals surface area (Å²) in [6.45, 7) is 4.38. The van der Waals surface area contributed by atoms with Gasteiger partial charge in [-0.25, -0.2) is 0 Å². The number of fused-ring (bicyclic) bond motifs is 1. The van der Waals surface area contributed by atoms with Crippen molar-refractivity contribution in [1.82, 2.24) is 15.1 Å². The molecule has 1 atom stereocenters. The van der Waals surface area contributed by atoms with Crippen LogP contribution in [-0.4, -0.2) is 29.5 Å². The smallest absolute Gasteiger partial charge is 0.161 e. The molecule has 5 heteroatoms. The molecule has 21 heavy (non-hydrogen) atoms. The Labute approximate surface area is 124 Å². The van der Waals surface area contributed by atoms with E-state index < -0.39 is 0 Å². The molecule has 0 fully saturated rings. The van der Waals surface area contributed by atoms with E-state index in [1.165, 1.54) is 0 Å². The van der Waals surface area contributed by atoms with E-state index in [1.807, 2.05) is 30.1 Å². The van der Waals surface area contributed by atoms with Gasteiger partial charge in [-0.15, -0.1) is 0 Å². The summed E-state index contributed by atoms with van der Waals surface area (Å²) in [7, 11) is 1.93. The Morgan fingerprint density at radius 3 is 2.76 bits per heavy atom. The zero-order valence-electron chi connectivity index (χ0n) is 12.5. The van der Waals surface area contributed by atoms with Crippen molar-refractivity contribution in [3.8, 4) is 11.5 Å². The van der Waals surface area contributed by atoms with Gasteiger partial charge in [0.15, 0.2) is 11.5 Å². The Morgan fingerprint density at radius 2 is 2.05 bits per heavy atom. The number of benzene rings is 1. The van der Waals surface area contributed by atoms with Crippen LogP contribution in [0.2, 0.25) is 0 Å². The molecule has 3 rings (SSSR count). The normalized spacial score (nSPS) is 15.5. The third-order valence-electron chi connectivity index (χ3n) is 3.54. The number of aromatic nitrogens is 2. The van der Waals surface area contributed by atoms with Gasteiger partial charge in [-0.2, -0.15) is 5.10 Å². The highest BCUT2D eigenvalue weighted by Crippen LogP contribution is 2.33. The molecular formula is C16H21N3O2. The van der Waals surface area contributed by atoms with Gasteiger partial charge in [0.1, 0.15) is 0 Å². The molecule has 0 bridgehead atoms. The van der Waals surface area contributed by atoms with Crippen molar-refractivity contribution in [1.29, 1.82) is 0 Å². The van der Waals surface area contributed by atoms with Gasteiger partial charge in [0.2, 0.25) is 0 Å². The van der Waals surface area contributed by atoms with Crippen molar-refractivity contribution in [3.05, 3.63) is 41.7 Å². The highest BCUT2D eigenvalue weighted by Gasteiger charge is 2.19. The van der Waals surface area contributed by atoms with Crippen molar-refractivity contribution in [2.75, 3.05) is 19.8 Å². The van der Waals surface area contributed by atoms with Crippen LogP contribution in [0.3, 0.4) is 0 Å². The van der Waals surface area contributed by atoms with E-state index in [1.54, 1.807) is 0 Å². The molecule has 2 aromatic rings. The number of rotatable bonds is 4. The van der Waals surface area contributed by atoms with Gasteiger partial charge < -0.3 is 14.8 Å². The van der Waals surface area contributed by atoms with E-state index >= 15 is 0 Å². The Bertz CT molecular complexity index is 609. The minimum atomic E-state index is 0.0633. The number of aryl methyl sites for hydroxylation is 1. The standard InChI is InChI=1S/C16H21N3O2/c1-3-17-16(13-7-8-19(2)18-13)12-5-6-14-15(11-12)21-10-4-9-20-14/h5-8,11,16-17H,3-4,9-10H2,1-2H3. The summed E-state index contributed by atoms with van der Waals surface area (Å²) in [6.07, 6.45) is 2.88. The third kappa shape index (κ3) is 3.03. The minimum Gasteiger partial charge on any atom is -0.490 e. The highest BCUT2D eigenvalue weighted by atomic mass is 16.5. The lowest BCUT2D eigenvalue weighted by molar-refractivity contribution is 0.297. The molecule has 1 N–H and O–H groups in total. The number of nitrogens with zero attached hydrogens (tertiary/aromatic N) is 2. The molecule has 0 saturated heterocycles. The molecule has 0 amide bonds. The average Bonchev–Trinajstić information content (AvgIpc) is 2.78. The molecule has 0 radical (unpaired) electrons. The van der Waals surface area contributed by atoms with E-state index in [-0.39, 0.29) is 6.04 Å². The molecule has 5 nitrogen and oxygen atoms in total. The zero-order valence-corrected chi connectivity index (χ0v) is 12.5. The molecule has 1 aliphatic heterocycles. The zero-order chi connectivity index (χ0) is 14.7. The lowest BCUT2D eigenvalue weighted by Gasteiger charge is -2.18. The summed E-state index contributed by atoms with van der Waals surface area (Å²) < 4.78 is 13.3. The summed E-state index contributed by atoms with van der Waals surface area (Å²) in [6, 6.07) is 8.23. The highest BCUT2D eigenvalue weighted by molar-refractivity contribution is 5.45. The molecule has 0 saturated carbocycles. The van der Waals surface area contributed by atoms with Crippen LogP contribution < -0.4 is 14.8 Å². The molecule has 1 unspecified atom stereocenters. The second-order valence-corrected chi connectivity index (χ2v) is 5.16. The van der Waals surface area contributed by atoms with E-state index in [4.69, 9.17) is 9.47 Å². The maximum absolute atomic E-state index is 5.78. The number of hydrogen-bond acceptors (Lipinski definition) is 4. The monoisotopic (exact) mass is 287 g/mol. The van der Waals surface area contributed by atoms with Crippen LogP contribution in [0, 0.1) is 0 Å². The van der Waals surface area contributed by atoms with Crippen LogP contribution in [0.25, 0.3) is 0 Å². The summed E-state index contributed by atoms with van der Waals surface area (Å²) in [4.78, 5) is 0. The second-order valence-electron chi connectivity index (χ2n) is 5.16. The molecule has 2 heterocycles. The first-order chi connectivity index (χ1) is 10.3. The minimum absolute atomic E-state index is 0.0633. The quantitative estimate of drug-likeness (QED) is 0.937. The maximum atomic E-state index is 5.78. The van der Waals surface area contributed by atoms with Gasteiger partial charge >= 0.3 is 0 Å². The van der Waals surface area contributed by atoms with E-state index in [0.717, 1.165) is 35.7 Å². The van der Waals surface area contributed by atoms with E-state index in [0.29, 0.717) is 13.2 Å². The first-order valence-corrected chi connectivity index (χ1v) is 7.40. The van der Waals surface area contributed by atoms with Crippen molar-refractivity contribution >= 4 is 0 Å². The van der Waals surface area contributed by atoms with Gasteiger partial charge in [0.25, 0.3) is 0 Å². The Kier molecular flexibility index (Phi) is 4.10. The Balaban J connectivity index is 1.94. The van der Waals surface area contributed by atoms with Crippen LogP contribution in [0.1, 0.15) is 30.6 Å². The number of nitrogens with one attached hydrogen (secondary N) is 1. The van der Waals surface area contributed by atoms with Crippen LogP contribution in [0.5, 0.6) is 11.5 Å². The van der Waals surface area contributed by atoms with Crippen LogP contribution in [-0.2, 0) is 7.05 Å². The lowest BCUT2D eigenvalue weighted by atomic mass is 10.0. The van der Waals surface area contributed by atoms with E-state index in [2.05, 4.69) is 29.5 Å². The Morgan fingerprint density at radius 1 is 1.24 bits per heavy atom. The van der Waals surface area contributed by atoms with Gasteiger partial charge in [0, 0.05) is 19.7 Å². The van der Waals surface area contributed by atoms with Gasteiger partial charge in [-0.05, 0) is 30.3 Å². The molecule has 1 aliphatic rings. The van der Waals surface area contributed by atoms with Crippen molar-refractivity contribution < 1.29 is 9.47 Å². The Hall–Kier alpha value is -2.01. The number of hydrogen-bond donors (Lipinski definition) is 1. The predicted octanol–water partition coefficient (Wildman–Crippen LogP) is 2.28. The lowest BCUT2D eigenvalue weighted by Crippen LogP contribution is -2.22. The molecule has 0 spiro atoms. The van der Waals surface area contributed by atoms with Crippen LogP contribution in [0.15, 0.2) is 30.5 Å². The van der Waals surface area contributed by atoms with Gasteiger partial charge in [-0.1, -0.05) is 13.0 Å². The largest absolute Gasteiger partial charge is 0.490 e. The summed E-state index contributed by atoms with van der Waals surface area (Å²) >= 11 is 0. The fourth-order valence-corrected chi connectivity index (χ4v) is 2.54. The second kappa shape index (κ2) is 6.18. The SMILES string of the molecule is CCNC(c1ccc2c(c1)OCCCO2)c1ccn(C)n1. The average molecular weight is 287 g/mol. The predicted molar refractivity (Wildman–Crippen MR) is 80.8 cm³/mol. The van der Waals surface area contributed by atoms with Crippen molar-refractivity contribution in [2.45, 2.75) is 19.4 Å². The summed E-state index contributed by atoms with van der Waals surface area (Å²) in [5, 5.41) is 8.00. The third-order valence-corrected chi connectivity index (χ3v) is 3.54. The first-order valence-electron chi connectivity index (χ1n) is 7.40. The topological polar surface area (TPSA) is 48.3 Å². The van der Waals surface area contributed by atoms with Crippen LogP contribution >= 0.6 is 0 Å². The fourth-order valence-electron chi connectivity index (χ4n) is 2.54. The summed E-state index contributed by atoms with van der Waals surface area (Å²) in [5.41, 5.74) is 2.15. The number of ether oxygens (including phenoxy) is 2. The summed E-state index contributed by atoms with van der Waals surface area (Å²) in [5.74, 6) is 1.65. The van der Waals surface area contributed by atoms with E-state index in [9.17, 15) is 0 Å². The fraction of sp³-hybridized carbons (Fsp3) is 0.438. The molecule has 1 aromatic carbocycles. The van der Waals surface area contributed by atoms with Gasteiger partial charge in [-0.3, -0.25) is 4.68 Å². The van der Waals surface area contributed by atoms with Gasteiger partial charge in [0.05, 0.1) is 24.9 Å². The first kappa shape index (κ1) is 13.9. The molecule has 1 aromatic heterocycles. The van der Waals surface area contributed by atoms with Crippen molar-refractivity contribution in [3.63, 3.8) is 0 Å². The molecule has 0 aliphatic carbocycles. The molecule has 112 valence electrons. The van der Waals surface area contributed by atoms with Crippen LogP contribution in [0.4, 0.5) is 0 Å². The maximum Gasteiger partial charge on any atom is 0.161 e. The van der Waals surface area contributed by atoms with Crippen molar-refractivity contribution in [2.24, 2.45) is 7.05 Å².